The number of nitrogens with one attached hydrogen (secondary N) is 2. The van der Waals surface area contributed by atoms with Crippen molar-refractivity contribution in [2.75, 3.05) is 19.0 Å². The molecular formula is C12H14ClFN2O3. The van der Waals surface area contributed by atoms with Gasteiger partial charge in [0.1, 0.15) is 11.9 Å². The van der Waals surface area contributed by atoms with Crippen molar-refractivity contribution in [3.8, 4) is 0 Å². The van der Waals surface area contributed by atoms with Gasteiger partial charge in [0.2, 0.25) is 5.91 Å². The molecule has 0 aromatic heterocycles. The fraction of sp³-hybridized carbons (Fsp3) is 0.333. The standard InChI is InChI=1S/C12H14ClFN2O3/c1-7(17)16-11(12(18)19-2)6-15-10-5-8(13)3-4-9(10)14/h3-5,11,15H,6H2,1-2H3,(H,16,17). The molecule has 0 aliphatic heterocycles. The molecule has 0 aliphatic rings. The molecule has 7 heteroatoms. The number of rotatable bonds is 5. The lowest BCUT2D eigenvalue weighted by molar-refractivity contribution is -0.144. The summed E-state index contributed by atoms with van der Waals surface area (Å²) in [5.74, 6) is -1.51. The Bertz CT molecular complexity index is 482. The van der Waals surface area contributed by atoms with Gasteiger partial charge >= 0.3 is 5.97 Å². The minimum Gasteiger partial charge on any atom is -0.467 e. The van der Waals surface area contributed by atoms with Crippen LogP contribution in [-0.2, 0) is 14.3 Å². The number of amides is 1. The lowest BCUT2D eigenvalue weighted by Crippen LogP contribution is -2.45. The summed E-state index contributed by atoms with van der Waals surface area (Å²) in [6.45, 7) is 1.26. The Morgan fingerprint density at radius 1 is 1.47 bits per heavy atom. The van der Waals surface area contributed by atoms with Gasteiger partial charge in [0.15, 0.2) is 0 Å². The van der Waals surface area contributed by atoms with E-state index in [1.54, 1.807) is 0 Å². The van der Waals surface area contributed by atoms with Gasteiger partial charge in [-0.3, -0.25) is 4.79 Å². The highest BCUT2D eigenvalue weighted by Crippen LogP contribution is 2.19. The summed E-state index contributed by atoms with van der Waals surface area (Å²) in [4.78, 5) is 22.4. The van der Waals surface area contributed by atoms with E-state index in [1.165, 1.54) is 32.2 Å². The van der Waals surface area contributed by atoms with Crippen molar-refractivity contribution < 1.29 is 18.7 Å². The highest BCUT2D eigenvalue weighted by Gasteiger charge is 2.20. The van der Waals surface area contributed by atoms with Gasteiger partial charge in [0, 0.05) is 18.5 Å². The predicted molar refractivity (Wildman–Crippen MR) is 69.5 cm³/mol. The largest absolute Gasteiger partial charge is 0.467 e. The molecule has 0 aliphatic carbocycles. The van der Waals surface area contributed by atoms with Crippen LogP contribution in [0, 0.1) is 5.82 Å². The van der Waals surface area contributed by atoms with Gasteiger partial charge < -0.3 is 15.4 Å². The van der Waals surface area contributed by atoms with E-state index in [1.807, 2.05) is 0 Å². The van der Waals surface area contributed by atoms with Crippen LogP contribution < -0.4 is 10.6 Å². The van der Waals surface area contributed by atoms with Crippen LogP contribution in [0.2, 0.25) is 5.02 Å². The molecule has 104 valence electrons. The first kappa shape index (κ1) is 15.2. The number of carbonyl (C=O) groups excluding carboxylic acids is 2. The Balaban J connectivity index is 2.72. The maximum Gasteiger partial charge on any atom is 0.330 e. The molecule has 1 aromatic carbocycles. The Labute approximate surface area is 115 Å². The molecule has 5 nitrogen and oxygen atoms in total. The summed E-state index contributed by atoms with van der Waals surface area (Å²) < 4.78 is 18.0. The maximum atomic E-state index is 13.4. The second-order valence-corrected chi connectivity index (χ2v) is 4.22. The van der Waals surface area contributed by atoms with E-state index in [9.17, 15) is 14.0 Å². The number of halogens is 2. The number of carbonyl (C=O) groups is 2. The first-order chi connectivity index (χ1) is 8.93. The van der Waals surface area contributed by atoms with E-state index in [0.29, 0.717) is 5.02 Å². The van der Waals surface area contributed by atoms with E-state index < -0.39 is 17.8 Å². The Kier molecular flexibility index (Phi) is 5.57. The van der Waals surface area contributed by atoms with E-state index in [-0.39, 0.29) is 18.1 Å². The number of hydrogen-bond acceptors (Lipinski definition) is 4. The van der Waals surface area contributed by atoms with Gasteiger partial charge in [-0.15, -0.1) is 0 Å². The van der Waals surface area contributed by atoms with Gasteiger partial charge in [0.05, 0.1) is 12.8 Å². The van der Waals surface area contributed by atoms with Crippen molar-refractivity contribution in [2.24, 2.45) is 0 Å². The van der Waals surface area contributed by atoms with Crippen LogP contribution in [0.4, 0.5) is 10.1 Å². The van der Waals surface area contributed by atoms with Gasteiger partial charge in [-0.2, -0.15) is 0 Å². The lowest BCUT2D eigenvalue weighted by Gasteiger charge is -2.17. The van der Waals surface area contributed by atoms with E-state index in [2.05, 4.69) is 15.4 Å². The van der Waals surface area contributed by atoms with Crippen molar-refractivity contribution in [1.82, 2.24) is 5.32 Å². The number of ether oxygens (including phenoxy) is 1. The van der Waals surface area contributed by atoms with Gasteiger partial charge in [-0.05, 0) is 18.2 Å². The third-order valence-corrected chi connectivity index (χ3v) is 2.52. The number of benzene rings is 1. The molecule has 2 N–H and O–H groups in total. The third-order valence-electron chi connectivity index (χ3n) is 2.29. The molecule has 0 bridgehead atoms. The summed E-state index contributed by atoms with van der Waals surface area (Å²) in [6.07, 6.45) is 0. The number of hydrogen-bond donors (Lipinski definition) is 2. The molecule has 0 saturated carbocycles. The summed E-state index contributed by atoms with van der Waals surface area (Å²) in [5.41, 5.74) is 0.145. The monoisotopic (exact) mass is 288 g/mol. The number of esters is 1. The molecule has 1 unspecified atom stereocenters. The van der Waals surface area contributed by atoms with Crippen LogP contribution in [0.5, 0.6) is 0 Å². The molecule has 0 saturated heterocycles. The third kappa shape index (κ3) is 4.75. The fourth-order valence-corrected chi connectivity index (χ4v) is 1.60. The van der Waals surface area contributed by atoms with Crippen molar-refractivity contribution >= 4 is 29.2 Å². The van der Waals surface area contributed by atoms with E-state index in [0.717, 1.165) is 0 Å². The highest BCUT2D eigenvalue weighted by atomic mass is 35.5. The van der Waals surface area contributed by atoms with Crippen LogP contribution in [0.15, 0.2) is 18.2 Å². The average molecular weight is 289 g/mol. The van der Waals surface area contributed by atoms with E-state index in [4.69, 9.17) is 11.6 Å². The zero-order valence-electron chi connectivity index (χ0n) is 10.5. The molecule has 0 radical (unpaired) electrons. The number of anilines is 1. The molecule has 1 atom stereocenters. The molecule has 1 aromatic rings. The molecule has 0 fully saturated rings. The Morgan fingerprint density at radius 3 is 2.74 bits per heavy atom. The Hall–Kier alpha value is -1.82. The van der Waals surface area contributed by atoms with Crippen molar-refractivity contribution in [3.63, 3.8) is 0 Å². The molecule has 1 rings (SSSR count). The first-order valence-electron chi connectivity index (χ1n) is 5.48. The zero-order valence-corrected chi connectivity index (χ0v) is 11.3. The minimum absolute atomic E-state index is 0.0104. The fourth-order valence-electron chi connectivity index (χ4n) is 1.43. The van der Waals surface area contributed by atoms with Gasteiger partial charge in [-0.1, -0.05) is 11.6 Å². The van der Waals surface area contributed by atoms with Crippen molar-refractivity contribution in [3.05, 3.63) is 29.0 Å². The molecule has 0 heterocycles. The second kappa shape index (κ2) is 6.94. The molecule has 0 spiro atoms. The Morgan fingerprint density at radius 2 is 2.16 bits per heavy atom. The second-order valence-electron chi connectivity index (χ2n) is 3.78. The van der Waals surface area contributed by atoms with Crippen LogP contribution >= 0.6 is 11.6 Å². The van der Waals surface area contributed by atoms with Crippen LogP contribution in [0.1, 0.15) is 6.92 Å². The quantitative estimate of drug-likeness (QED) is 0.807. The van der Waals surface area contributed by atoms with Crippen molar-refractivity contribution in [1.29, 1.82) is 0 Å². The average Bonchev–Trinajstić information content (AvgIpc) is 2.36. The maximum absolute atomic E-state index is 13.4. The summed E-state index contributed by atoms with van der Waals surface area (Å²) in [6, 6.07) is 3.10. The smallest absolute Gasteiger partial charge is 0.330 e. The predicted octanol–water partition coefficient (Wildman–Crippen LogP) is 1.57. The van der Waals surface area contributed by atoms with Crippen LogP contribution in [0.3, 0.4) is 0 Å². The number of methoxy groups -OCH3 is 1. The molecular weight excluding hydrogens is 275 g/mol. The molecule has 1 amide bonds. The normalized spacial score (nSPS) is 11.6. The van der Waals surface area contributed by atoms with Crippen LogP contribution in [0.25, 0.3) is 0 Å². The lowest BCUT2D eigenvalue weighted by atomic mass is 10.2. The topological polar surface area (TPSA) is 67.4 Å². The van der Waals surface area contributed by atoms with Crippen molar-refractivity contribution in [2.45, 2.75) is 13.0 Å². The summed E-state index contributed by atoms with van der Waals surface area (Å²) in [5, 5.41) is 5.46. The summed E-state index contributed by atoms with van der Waals surface area (Å²) >= 11 is 5.74. The minimum atomic E-state index is -0.902. The van der Waals surface area contributed by atoms with Crippen LogP contribution in [-0.4, -0.2) is 31.6 Å². The summed E-state index contributed by atoms with van der Waals surface area (Å²) in [7, 11) is 1.21. The SMILES string of the molecule is COC(=O)C(CNc1cc(Cl)ccc1F)NC(C)=O. The van der Waals surface area contributed by atoms with Gasteiger partial charge in [-0.25, -0.2) is 9.18 Å². The molecule has 19 heavy (non-hydrogen) atoms. The van der Waals surface area contributed by atoms with E-state index >= 15 is 0 Å². The first-order valence-corrected chi connectivity index (χ1v) is 5.85. The van der Waals surface area contributed by atoms with Gasteiger partial charge in [0.25, 0.3) is 0 Å². The highest BCUT2D eigenvalue weighted by molar-refractivity contribution is 6.30. The zero-order chi connectivity index (χ0) is 14.4.